The van der Waals surface area contributed by atoms with E-state index in [-0.39, 0.29) is 7.43 Å². The molecule has 0 spiro atoms. The maximum atomic E-state index is 3.64. The van der Waals surface area contributed by atoms with Crippen molar-refractivity contribution in [2.75, 3.05) is 0 Å². The van der Waals surface area contributed by atoms with Gasteiger partial charge in [0.05, 0.1) is 0 Å². The van der Waals surface area contributed by atoms with Gasteiger partial charge in [0.25, 0.3) is 0 Å². The van der Waals surface area contributed by atoms with E-state index in [0.29, 0.717) is 5.92 Å². The van der Waals surface area contributed by atoms with Gasteiger partial charge in [0.2, 0.25) is 0 Å². The smallest absolute Gasteiger partial charge is 0 e. The summed E-state index contributed by atoms with van der Waals surface area (Å²) < 4.78 is 0. The molecule has 1 heteroatoms. The van der Waals surface area contributed by atoms with Gasteiger partial charge in [0.1, 0.15) is 0 Å². The maximum absolute atomic E-state index is 3.64. The molecule has 0 unspecified atom stereocenters. The van der Waals surface area contributed by atoms with Gasteiger partial charge >= 0.3 is 0 Å². The largest absolute Gasteiger partial charge is 0.358 e. The summed E-state index contributed by atoms with van der Waals surface area (Å²) in [5, 5.41) is 0. The van der Waals surface area contributed by atoms with Crippen LogP contribution in [0, 0.1) is 20.3 Å². The second-order valence-corrected chi connectivity index (χ2v) is 1.39. The van der Waals surface area contributed by atoms with Crippen LogP contribution >= 0.6 is 0 Å². The first kappa shape index (κ1) is 20.0. The van der Waals surface area contributed by atoms with E-state index in [1.807, 2.05) is 0 Å². The third-order valence-electron chi connectivity index (χ3n) is 0. The molecule has 0 saturated carbocycles. The van der Waals surface area contributed by atoms with Crippen molar-refractivity contribution in [3.05, 3.63) is 14.4 Å². The Balaban J connectivity index is -0.0000000450. The summed E-state index contributed by atoms with van der Waals surface area (Å²) >= 11 is 0. The normalized spacial score (nSPS) is 6.00. The van der Waals surface area contributed by atoms with Crippen molar-refractivity contribution in [1.29, 1.82) is 0 Å². The topological polar surface area (TPSA) is 0 Å². The average Bonchev–Trinajstić information content (AvgIpc) is 0.811. The molecule has 0 amide bonds. The van der Waals surface area contributed by atoms with Gasteiger partial charge < -0.3 is 14.4 Å². The standard InChI is InChI=1S/C4H9.CH3.Db/c1-4(2)3;;/h4H,1H2,2-3H3;1H3;/q2*-1;. The van der Waals surface area contributed by atoms with Crippen LogP contribution in [-0.2, 0) is 0 Å². The average molecular weight is 340 g/mol. The van der Waals surface area contributed by atoms with E-state index in [1.165, 1.54) is 0 Å². The molecule has 0 atom stereocenters. The summed E-state index contributed by atoms with van der Waals surface area (Å²) in [6, 6.07) is 0. The van der Waals surface area contributed by atoms with Crippen LogP contribution in [-0.4, -0.2) is 0 Å². The Morgan fingerprint density at radius 1 is 1.33 bits per heavy atom. The summed E-state index contributed by atoms with van der Waals surface area (Å²) in [7, 11) is 0. The Labute approximate surface area is 35.2 Å². The molecule has 0 aliphatic carbocycles. The quantitative estimate of drug-likeness (QED) is 0.591. The molecule has 0 aromatic rings. The van der Waals surface area contributed by atoms with Gasteiger partial charge in [-0.15, -0.1) is 0 Å². The predicted molar refractivity (Wildman–Crippen MR) is 26.6 cm³/mol. The van der Waals surface area contributed by atoms with E-state index in [4.69, 9.17) is 0 Å². The zero-order valence-corrected chi connectivity index (χ0v) is 11.4. The first-order chi connectivity index (χ1) is 1.73. The van der Waals surface area contributed by atoms with Gasteiger partial charge in [-0.25, -0.2) is 0 Å². The van der Waals surface area contributed by atoms with Crippen LogP contribution in [0.3, 0.4) is 0 Å². The van der Waals surface area contributed by atoms with Crippen molar-refractivity contribution < 1.29 is 0 Å². The van der Waals surface area contributed by atoms with Crippen molar-refractivity contribution in [2.24, 2.45) is 5.92 Å². The Morgan fingerprint density at radius 3 is 1.33 bits per heavy atom. The molecule has 0 saturated heterocycles. The second-order valence-electron chi connectivity index (χ2n) is 1.39. The predicted octanol–water partition coefficient (Wildman–Crippen LogP) is 1.93. The van der Waals surface area contributed by atoms with Crippen LogP contribution in [0.2, 0.25) is 0 Å². The fourth-order valence-corrected chi connectivity index (χ4v) is 0. The summed E-state index contributed by atoms with van der Waals surface area (Å²) in [5.41, 5.74) is 0. The van der Waals surface area contributed by atoms with Crippen molar-refractivity contribution in [3.8, 4) is 0 Å². The maximum Gasteiger partial charge on any atom is 0 e. The number of hydrogen-bond acceptors (Lipinski definition) is 0. The van der Waals surface area contributed by atoms with Crippen molar-refractivity contribution in [3.63, 3.8) is 0 Å². The summed E-state index contributed by atoms with van der Waals surface area (Å²) in [4.78, 5) is 0. The molecule has 0 aromatic carbocycles. The fraction of sp³-hybridized carbons (Fsp3) is 0.600. The summed E-state index contributed by atoms with van der Waals surface area (Å²) in [6.45, 7) is 7.75. The zero-order valence-electron chi connectivity index (χ0n) is 4.99. The minimum atomic E-state index is 0. The minimum Gasteiger partial charge on any atom is -0.358 e. The van der Waals surface area contributed by atoms with E-state index >= 15 is 0 Å². The Kier molecular flexibility index (Phi) is 30.0. The van der Waals surface area contributed by atoms with Gasteiger partial charge in [-0.3, -0.25) is 0 Å². The first-order valence-electron chi connectivity index (χ1n) is 1.56. The van der Waals surface area contributed by atoms with Crippen LogP contribution in [0.1, 0.15) is 13.8 Å². The van der Waals surface area contributed by atoms with Gasteiger partial charge in [-0.05, 0) is 0 Å². The summed E-state index contributed by atoms with van der Waals surface area (Å²) in [5.74, 6) is 0.583. The molecule has 0 aliphatic heterocycles. The Bertz CT molecular complexity index is 8.66. The van der Waals surface area contributed by atoms with Crippen LogP contribution < -0.4 is 0 Å². The number of hydrogen-bond donors (Lipinski definition) is 0. The monoisotopic (exact) mass is 340 g/mol. The van der Waals surface area contributed by atoms with E-state index in [1.54, 1.807) is 0 Å². The van der Waals surface area contributed by atoms with Crippen molar-refractivity contribution in [2.45, 2.75) is 13.8 Å². The Morgan fingerprint density at radius 2 is 1.33 bits per heavy atom. The molecule has 36 valence electrons. The second kappa shape index (κ2) is 9.00. The SMILES string of the molecule is [CH2-]C(C)C.[CH3-].[Db]. The first-order valence-corrected chi connectivity index (χ1v) is 1.56. The molecule has 0 fully saturated rings. The Hall–Kier alpha value is -1.00. The third kappa shape index (κ3) is 12.0. The van der Waals surface area contributed by atoms with E-state index in [0.717, 1.165) is 0 Å². The van der Waals surface area contributed by atoms with Gasteiger partial charge in [0.15, 0.2) is 0 Å². The van der Waals surface area contributed by atoms with Gasteiger partial charge in [-0.1, -0.05) is 13.8 Å². The van der Waals surface area contributed by atoms with Crippen molar-refractivity contribution in [1.82, 2.24) is 0 Å². The minimum absolute atomic E-state index is 0. The van der Waals surface area contributed by atoms with E-state index in [9.17, 15) is 0 Å². The molecule has 0 rings (SSSR count). The zero-order chi connectivity index (χ0) is 3.58. The van der Waals surface area contributed by atoms with E-state index < -0.39 is 0 Å². The molecule has 6 heavy (non-hydrogen) atoms. The van der Waals surface area contributed by atoms with Gasteiger partial charge in [0, 0.05) is 0 Å². The van der Waals surface area contributed by atoms with Crippen molar-refractivity contribution >= 4 is 0 Å². The van der Waals surface area contributed by atoms with Gasteiger partial charge in [-0.2, -0.15) is 5.92 Å². The van der Waals surface area contributed by atoms with Crippen LogP contribution in [0.25, 0.3) is 0 Å². The molecular formula is C5H12Db-2. The third-order valence-corrected chi connectivity index (χ3v) is 0. The molecule has 0 nitrogen and oxygen atoms in total. The molecule has 0 heterocycles. The molecule has 0 aromatic heterocycles. The fourth-order valence-electron chi connectivity index (χ4n) is 0. The summed E-state index contributed by atoms with van der Waals surface area (Å²) in [6.07, 6.45) is 0. The van der Waals surface area contributed by atoms with Crippen LogP contribution in [0.5, 0.6) is 0 Å². The number of rotatable bonds is 0. The van der Waals surface area contributed by atoms with Crippen LogP contribution in [0.4, 0.5) is 0 Å². The molecule has 0 N–H and O–H groups in total. The molecule has 0 radical (unpaired) electrons. The molecule has 0 bridgehead atoms. The molecular weight excluding hydrogens is 328 g/mol. The van der Waals surface area contributed by atoms with Crippen LogP contribution in [0.15, 0.2) is 0 Å². The molecule has 0 aliphatic rings. The van der Waals surface area contributed by atoms with E-state index in [2.05, 4.69) is 20.8 Å².